The number of carbonyl (C=O) groups excluding carboxylic acids is 2. The summed E-state index contributed by atoms with van der Waals surface area (Å²) in [7, 11) is 0. The van der Waals surface area contributed by atoms with E-state index in [1.807, 2.05) is 37.3 Å². The van der Waals surface area contributed by atoms with Crippen molar-refractivity contribution in [1.29, 1.82) is 0 Å². The van der Waals surface area contributed by atoms with E-state index in [1.165, 1.54) is 0 Å². The number of benzene rings is 2. The van der Waals surface area contributed by atoms with E-state index >= 15 is 0 Å². The Morgan fingerprint density at radius 2 is 2.11 bits per heavy atom. The summed E-state index contributed by atoms with van der Waals surface area (Å²) in [4.78, 5) is 26.6. The van der Waals surface area contributed by atoms with E-state index in [1.54, 1.807) is 12.1 Å². The lowest BCUT2D eigenvalue weighted by Crippen LogP contribution is -2.43. The minimum absolute atomic E-state index is 0.00271. The summed E-state index contributed by atoms with van der Waals surface area (Å²) in [5.41, 5.74) is 3.17. The second kappa shape index (κ2) is 7.31. The Kier molecular flexibility index (Phi) is 4.71. The Bertz CT molecular complexity index is 880. The van der Waals surface area contributed by atoms with Gasteiger partial charge in [-0.2, -0.15) is 0 Å². The number of ether oxygens (including phenoxy) is 2. The van der Waals surface area contributed by atoms with Crippen LogP contribution in [0.4, 0.5) is 11.4 Å². The zero-order valence-corrected chi connectivity index (χ0v) is 15.2. The molecular weight excluding hydrogens is 344 g/mol. The zero-order valence-electron chi connectivity index (χ0n) is 15.2. The Balaban J connectivity index is 1.35. The van der Waals surface area contributed by atoms with Gasteiger partial charge in [0.25, 0.3) is 0 Å². The summed E-state index contributed by atoms with van der Waals surface area (Å²) in [5, 5.41) is 2.91. The van der Waals surface area contributed by atoms with Gasteiger partial charge in [-0.25, -0.2) is 4.79 Å². The van der Waals surface area contributed by atoms with Gasteiger partial charge in [0.05, 0.1) is 16.9 Å². The third-order valence-electron chi connectivity index (χ3n) is 4.93. The molecule has 1 saturated heterocycles. The number of nitrogens with zero attached hydrogens (tertiary/aromatic N) is 1. The van der Waals surface area contributed by atoms with Crippen molar-refractivity contribution in [2.75, 3.05) is 30.0 Å². The molecule has 0 unspecified atom stereocenters. The summed E-state index contributed by atoms with van der Waals surface area (Å²) in [6, 6.07) is 12.9. The molecule has 2 aliphatic heterocycles. The van der Waals surface area contributed by atoms with E-state index in [0.29, 0.717) is 11.3 Å². The Hall–Kier alpha value is -3.02. The van der Waals surface area contributed by atoms with Crippen LogP contribution in [0.3, 0.4) is 0 Å². The van der Waals surface area contributed by atoms with E-state index in [9.17, 15) is 9.59 Å². The van der Waals surface area contributed by atoms with Gasteiger partial charge in [0.15, 0.2) is 0 Å². The van der Waals surface area contributed by atoms with Crippen LogP contribution >= 0.6 is 0 Å². The van der Waals surface area contributed by atoms with E-state index in [0.717, 1.165) is 36.4 Å². The minimum Gasteiger partial charge on any atom is -0.490 e. The van der Waals surface area contributed by atoms with Gasteiger partial charge in [-0.1, -0.05) is 12.1 Å². The van der Waals surface area contributed by atoms with Gasteiger partial charge in [0.1, 0.15) is 25.0 Å². The van der Waals surface area contributed by atoms with Crippen molar-refractivity contribution in [3.8, 4) is 5.75 Å². The molecule has 4 rings (SSSR count). The lowest BCUT2D eigenvalue weighted by molar-refractivity contribution is -0.117. The first kappa shape index (κ1) is 17.4. The Morgan fingerprint density at radius 1 is 1.22 bits per heavy atom. The lowest BCUT2D eigenvalue weighted by atomic mass is 10.1. The summed E-state index contributed by atoms with van der Waals surface area (Å²) in [5.74, 6) is 0.322. The molecule has 0 saturated carbocycles. The number of esters is 1. The largest absolute Gasteiger partial charge is 0.490 e. The van der Waals surface area contributed by atoms with E-state index in [2.05, 4.69) is 10.2 Å². The molecule has 0 spiro atoms. The van der Waals surface area contributed by atoms with Gasteiger partial charge in [0.2, 0.25) is 5.91 Å². The first-order valence-corrected chi connectivity index (χ1v) is 9.20. The van der Waals surface area contributed by atoms with Crippen molar-refractivity contribution in [2.45, 2.75) is 25.8 Å². The molecule has 2 heterocycles. The Morgan fingerprint density at radius 3 is 2.96 bits per heavy atom. The maximum Gasteiger partial charge on any atom is 0.338 e. The number of hydrogen-bond acceptors (Lipinski definition) is 5. The fourth-order valence-corrected chi connectivity index (χ4v) is 3.64. The molecule has 0 bridgehead atoms. The summed E-state index contributed by atoms with van der Waals surface area (Å²) >= 11 is 0. The minimum atomic E-state index is -0.427. The molecule has 27 heavy (non-hydrogen) atoms. The normalized spacial score (nSPS) is 17.7. The number of nitrogens with one attached hydrogen (secondary N) is 1. The highest BCUT2D eigenvalue weighted by Crippen LogP contribution is 2.37. The molecule has 1 fully saturated rings. The maximum atomic E-state index is 12.3. The van der Waals surface area contributed by atoms with Crippen molar-refractivity contribution >= 4 is 23.3 Å². The van der Waals surface area contributed by atoms with Crippen LogP contribution in [0.15, 0.2) is 42.5 Å². The SMILES string of the molecule is Cc1cccc(OCCOC(=O)c2ccc3c(c2)NC(=O)[C@H]2CCCN32)c1. The number of amides is 1. The molecule has 140 valence electrons. The van der Waals surface area contributed by atoms with Gasteiger partial charge in [-0.15, -0.1) is 0 Å². The average molecular weight is 366 g/mol. The molecule has 1 amide bonds. The third kappa shape index (κ3) is 3.60. The van der Waals surface area contributed by atoms with Crippen LogP contribution in [-0.4, -0.2) is 37.7 Å². The van der Waals surface area contributed by atoms with Gasteiger partial charge in [-0.3, -0.25) is 4.79 Å². The monoisotopic (exact) mass is 366 g/mol. The second-order valence-corrected chi connectivity index (χ2v) is 6.87. The lowest BCUT2D eigenvalue weighted by Gasteiger charge is -2.33. The number of anilines is 2. The molecule has 2 aliphatic rings. The topological polar surface area (TPSA) is 67.9 Å². The van der Waals surface area contributed by atoms with Gasteiger partial charge in [-0.05, 0) is 55.7 Å². The molecule has 6 heteroatoms. The summed E-state index contributed by atoms with van der Waals surface area (Å²) in [6.07, 6.45) is 1.87. The van der Waals surface area contributed by atoms with Crippen molar-refractivity contribution in [3.63, 3.8) is 0 Å². The maximum absolute atomic E-state index is 12.3. The summed E-state index contributed by atoms with van der Waals surface area (Å²) < 4.78 is 10.9. The molecule has 6 nitrogen and oxygen atoms in total. The summed E-state index contributed by atoms with van der Waals surface area (Å²) in [6.45, 7) is 3.30. The first-order chi connectivity index (χ1) is 13.1. The average Bonchev–Trinajstić information content (AvgIpc) is 3.15. The highest BCUT2D eigenvalue weighted by molar-refractivity contribution is 6.05. The quantitative estimate of drug-likeness (QED) is 0.650. The van der Waals surface area contributed by atoms with Gasteiger partial charge >= 0.3 is 5.97 Å². The van der Waals surface area contributed by atoms with Crippen LogP contribution in [-0.2, 0) is 9.53 Å². The fourth-order valence-electron chi connectivity index (χ4n) is 3.64. The molecule has 2 aromatic rings. The molecule has 0 aliphatic carbocycles. The standard InChI is InChI=1S/C21H22N2O4/c1-14-4-2-5-16(12-14)26-10-11-27-21(25)15-7-8-18-17(13-15)22-20(24)19-6-3-9-23(18)19/h2,4-5,7-8,12-13,19H,3,6,9-11H2,1H3,(H,22,24)/t19-/m1/s1. The zero-order chi connectivity index (χ0) is 18.8. The number of hydrogen-bond donors (Lipinski definition) is 1. The molecular formula is C21H22N2O4. The van der Waals surface area contributed by atoms with Crippen LogP contribution in [0.1, 0.15) is 28.8 Å². The van der Waals surface area contributed by atoms with Crippen molar-refractivity contribution in [3.05, 3.63) is 53.6 Å². The fraction of sp³-hybridized carbons (Fsp3) is 0.333. The number of rotatable bonds is 5. The highest BCUT2D eigenvalue weighted by Gasteiger charge is 2.36. The van der Waals surface area contributed by atoms with Gasteiger partial charge < -0.3 is 19.7 Å². The molecule has 1 N–H and O–H groups in total. The van der Waals surface area contributed by atoms with E-state index in [-0.39, 0.29) is 25.2 Å². The second-order valence-electron chi connectivity index (χ2n) is 6.87. The number of fused-ring (bicyclic) bond motifs is 3. The predicted molar refractivity (Wildman–Crippen MR) is 102 cm³/mol. The number of carbonyl (C=O) groups is 2. The Labute approximate surface area is 158 Å². The smallest absolute Gasteiger partial charge is 0.338 e. The number of aryl methyl sites for hydroxylation is 1. The van der Waals surface area contributed by atoms with Crippen LogP contribution < -0.4 is 15.0 Å². The highest BCUT2D eigenvalue weighted by atomic mass is 16.6. The van der Waals surface area contributed by atoms with Crippen molar-refractivity contribution in [2.24, 2.45) is 0 Å². The van der Waals surface area contributed by atoms with Crippen molar-refractivity contribution in [1.82, 2.24) is 0 Å². The van der Waals surface area contributed by atoms with E-state index < -0.39 is 5.97 Å². The molecule has 1 atom stereocenters. The third-order valence-corrected chi connectivity index (χ3v) is 4.93. The molecule has 0 radical (unpaired) electrons. The van der Waals surface area contributed by atoms with E-state index in [4.69, 9.17) is 9.47 Å². The van der Waals surface area contributed by atoms with Gasteiger partial charge in [0, 0.05) is 6.54 Å². The van der Waals surface area contributed by atoms with Crippen LogP contribution in [0.2, 0.25) is 0 Å². The first-order valence-electron chi connectivity index (χ1n) is 9.20. The predicted octanol–water partition coefficient (Wildman–Crippen LogP) is 3.15. The van der Waals surface area contributed by atoms with Crippen molar-refractivity contribution < 1.29 is 19.1 Å². The molecule has 0 aromatic heterocycles. The van der Waals surface area contributed by atoms with Crippen LogP contribution in [0.5, 0.6) is 5.75 Å². The molecule has 2 aromatic carbocycles. The van der Waals surface area contributed by atoms with Crippen LogP contribution in [0.25, 0.3) is 0 Å². The van der Waals surface area contributed by atoms with Crippen LogP contribution in [0, 0.1) is 6.92 Å².